The van der Waals surface area contributed by atoms with Crippen molar-refractivity contribution in [3.05, 3.63) is 59.4 Å². The van der Waals surface area contributed by atoms with Crippen LogP contribution in [0.3, 0.4) is 0 Å². The molecule has 0 unspecified atom stereocenters. The lowest BCUT2D eigenvalue weighted by Gasteiger charge is -2.36. The van der Waals surface area contributed by atoms with Crippen molar-refractivity contribution in [2.45, 2.75) is 23.4 Å². The average molecular weight is 482 g/mol. The lowest BCUT2D eigenvalue weighted by molar-refractivity contribution is 0.0819. The van der Waals surface area contributed by atoms with E-state index in [0.717, 1.165) is 0 Å². The molecule has 1 aliphatic rings. The van der Waals surface area contributed by atoms with Crippen molar-refractivity contribution in [1.82, 2.24) is 15.2 Å². The number of ether oxygens (including phenoxy) is 1. The Bertz CT molecular complexity index is 1240. The van der Waals surface area contributed by atoms with Gasteiger partial charge in [-0.15, -0.1) is 0 Å². The van der Waals surface area contributed by atoms with E-state index in [-0.39, 0.29) is 30.0 Å². The fourth-order valence-electron chi connectivity index (χ4n) is 3.41. The number of nitrogens with zero attached hydrogens (tertiary/aromatic N) is 6. The second kappa shape index (κ2) is 10.4. The molecule has 1 saturated heterocycles. The largest absolute Gasteiger partial charge is 0.488 e. The van der Waals surface area contributed by atoms with E-state index in [4.69, 9.17) is 4.74 Å². The van der Waals surface area contributed by atoms with Crippen LogP contribution in [0.2, 0.25) is 0 Å². The van der Waals surface area contributed by atoms with Crippen molar-refractivity contribution < 1.29 is 17.9 Å². The third kappa shape index (κ3) is 5.05. The zero-order valence-corrected chi connectivity index (χ0v) is 18.5. The van der Waals surface area contributed by atoms with Gasteiger partial charge in [0.05, 0.1) is 24.3 Å². The Balaban J connectivity index is 1.77. The zero-order chi connectivity index (χ0) is 24.1. The molecule has 11 heteroatoms. The van der Waals surface area contributed by atoms with E-state index in [9.17, 15) is 23.7 Å². The molecule has 0 spiro atoms. The van der Waals surface area contributed by atoms with Crippen molar-refractivity contribution in [3.8, 4) is 29.0 Å². The molecule has 7 nitrogen and oxygen atoms in total. The normalized spacial score (nSPS) is 13.3. The molecule has 0 bridgehead atoms. The fourth-order valence-corrected chi connectivity index (χ4v) is 4.29. The first-order chi connectivity index (χ1) is 16.5. The number of alkyl halides is 3. The molecule has 34 heavy (non-hydrogen) atoms. The number of aromatic nitrogens is 3. The summed E-state index contributed by atoms with van der Waals surface area (Å²) in [5.41, 5.74) is 1.87. The van der Waals surface area contributed by atoms with Crippen LogP contribution in [0.15, 0.2) is 47.6 Å². The van der Waals surface area contributed by atoms with Crippen LogP contribution in [0.5, 0.6) is 5.75 Å². The van der Waals surface area contributed by atoms with Crippen LogP contribution in [0.25, 0.3) is 11.1 Å². The second-order valence-corrected chi connectivity index (χ2v) is 8.29. The van der Waals surface area contributed by atoms with Gasteiger partial charge in [-0.1, -0.05) is 23.9 Å². The lowest BCUT2D eigenvalue weighted by Crippen LogP contribution is -2.49. The van der Waals surface area contributed by atoms with Gasteiger partial charge in [-0.25, -0.2) is 18.2 Å². The van der Waals surface area contributed by atoms with Crippen LogP contribution in [0, 0.1) is 22.7 Å². The van der Waals surface area contributed by atoms with Gasteiger partial charge in [0.15, 0.2) is 0 Å². The quantitative estimate of drug-likeness (QED) is 0.437. The summed E-state index contributed by atoms with van der Waals surface area (Å²) in [6.45, 7) is -0.544. The first kappa shape index (κ1) is 23.3. The summed E-state index contributed by atoms with van der Waals surface area (Å²) < 4.78 is 43.5. The van der Waals surface area contributed by atoms with E-state index in [1.807, 2.05) is 0 Å². The molecular formula is C23H17F3N6OS. The van der Waals surface area contributed by atoms with E-state index in [1.165, 1.54) is 23.9 Å². The molecule has 4 rings (SSSR count). The topological polar surface area (TPSA) is 98.7 Å². The van der Waals surface area contributed by atoms with Gasteiger partial charge in [0.2, 0.25) is 0 Å². The second-order valence-electron chi connectivity index (χ2n) is 7.32. The van der Waals surface area contributed by atoms with Crippen molar-refractivity contribution in [1.29, 1.82) is 10.5 Å². The van der Waals surface area contributed by atoms with Gasteiger partial charge >= 0.3 is 0 Å². The number of hydrogen-bond donors (Lipinski definition) is 0. The SMILES string of the molecule is N#Cc1c(SCc2cccnn2)nc(N2CC(F)C2)c(C#N)c1-c1ccc(OCC(F)F)cc1. The molecule has 0 aliphatic carbocycles. The number of benzene rings is 1. The summed E-state index contributed by atoms with van der Waals surface area (Å²) in [6, 6.07) is 14.0. The fraction of sp³-hybridized carbons (Fsp3) is 0.261. The molecule has 3 heterocycles. The maximum absolute atomic E-state index is 13.6. The van der Waals surface area contributed by atoms with Gasteiger partial charge < -0.3 is 9.64 Å². The minimum absolute atomic E-state index is 0.0989. The molecule has 3 aromatic rings. The van der Waals surface area contributed by atoms with Gasteiger partial charge in [-0.05, 0) is 29.8 Å². The molecule has 0 saturated carbocycles. The smallest absolute Gasteiger partial charge is 0.272 e. The first-order valence-electron chi connectivity index (χ1n) is 10.2. The highest BCUT2D eigenvalue weighted by atomic mass is 32.2. The number of pyridine rings is 1. The summed E-state index contributed by atoms with van der Waals surface area (Å²) in [7, 11) is 0. The highest BCUT2D eigenvalue weighted by Crippen LogP contribution is 2.40. The van der Waals surface area contributed by atoms with Crippen LogP contribution in [-0.4, -0.2) is 47.5 Å². The molecule has 0 amide bonds. The third-order valence-corrected chi connectivity index (χ3v) is 6.02. The molecule has 1 fully saturated rings. The number of hydrogen-bond acceptors (Lipinski definition) is 8. The summed E-state index contributed by atoms with van der Waals surface area (Å²) in [5, 5.41) is 28.2. The zero-order valence-electron chi connectivity index (χ0n) is 17.7. The summed E-state index contributed by atoms with van der Waals surface area (Å²) in [4.78, 5) is 6.21. The van der Waals surface area contributed by atoms with Crippen molar-refractivity contribution in [2.75, 3.05) is 24.6 Å². The van der Waals surface area contributed by atoms with Crippen LogP contribution < -0.4 is 9.64 Å². The summed E-state index contributed by atoms with van der Waals surface area (Å²) in [5.74, 6) is 0.910. The minimum Gasteiger partial charge on any atom is -0.488 e. The van der Waals surface area contributed by atoms with Crippen LogP contribution in [0.1, 0.15) is 16.8 Å². The van der Waals surface area contributed by atoms with Gasteiger partial charge in [0.1, 0.15) is 47.1 Å². The van der Waals surface area contributed by atoms with Crippen LogP contribution in [0.4, 0.5) is 19.0 Å². The maximum atomic E-state index is 13.6. The predicted octanol–water partition coefficient (Wildman–Crippen LogP) is 4.38. The Morgan fingerprint density at radius 3 is 2.44 bits per heavy atom. The lowest BCUT2D eigenvalue weighted by atomic mass is 9.95. The van der Waals surface area contributed by atoms with E-state index in [1.54, 1.807) is 35.4 Å². The molecule has 2 aromatic heterocycles. The Labute approximate surface area is 197 Å². The minimum atomic E-state index is -2.61. The Kier molecular flexibility index (Phi) is 7.14. The molecule has 172 valence electrons. The maximum Gasteiger partial charge on any atom is 0.272 e. The Morgan fingerprint density at radius 2 is 1.85 bits per heavy atom. The number of thioether (sulfide) groups is 1. The number of anilines is 1. The number of nitriles is 2. The predicted molar refractivity (Wildman–Crippen MR) is 119 cm³/mol. The van der Waals surface area contributed by atoms with E-state index >= 15 is 0 Å². The van der Waals surface area contributed by atoms with Gasteiger partial charge in [0, 0.05) is 17.5 Å². The van der Waals surface area contributed by atoms with Gasteiger partial charge in [-0.2, -0.15) is 20.7 Å². The standard InChI is InChI=1S/C23H17F3N6OS/c24-15-10-32(11-15)22-18(8-27)21(14-3-5-17(6-4-14)33-12-20(25)26)19(9-28)23(30-22)34-13-16-2-1-7-29-31-16/h1-7,15,20H,10-13H2. The van der Waals surface area contributed by atoms with Crippen molar-refractivity contribution in [2.24, 2.45) is 0 Å². The molecule has 1 aliphatic heterocycles. The molecule has 1 aromatic carbocycles. The molecular weight excluding hydrogens is 465 g/mol. The summed E-state index contributed by atoms with van der Waals surface area (Å²) >= 11 is 1.26. The highest BCUT2D eigenvalue weighted by Gasteiger charge is 2.32. The number of halogens is 3. The third-order valence-electron chi connectivity index (χ3n) is 5.01. The Hall–Kier alpha value is -3.83. The van der Waals surface area contributed by atoms with Crippen LogP contribution in [-0.2, 0) is 5.75 Å². The monoisotopic (exact) mass is 482 g/mol. The Morgan fingerprint density at radius 1 is 1.12 bits per heavy atom. The van der Waals surface area contributed by atoms with E-state index in [0.29, 0.717) is 33.4 Å². The van der Waals surface area contributed by atoms with Crippen LogP contribution >= 0.6 is 11.8 Å². The van der Waals surface area contributed by atoms with E-state index < -0.39 is 19.2 Å². The van der Waals surface area contributed by atoms with E-state index in [2.05, 4.69) is 27.3 Å². The van der Waals surface area contributed by atoms with Gasteiger partial charge in [0.25, 0.3) is 6.43 Å². The van der Waals surface area contributed by atoms with Crippen molar-refractivity contribution in [3.63, 3.8) is 0 Å². The average Bonchev–Trinajstić information content (AvgIpc) is 2.84. The first-order valence-corrected chi connectivity index (χ1v) is 11.2. The molecule has 0 radical (unpaired) electrons. The number of rotatable bonds is 8. The van der Waals surface area contributed by atoms with Gasteiger partial charge in [-0.3, -0.25) is 0 Å². The summed E-state index contributed by atoms with van der Waals surface area (Å²) in [6.07, 6.45) is -2.08. The molecule has 0 atom stereocenters. The van der Waals surface area contributed by atoms with Crippen molar-refractivity contribution >= 4 is 17.6 Å². The highest BCUT2D eigenvalue weighted by molar-refractivity contribution is 7.98. The molecule has 0 N–H and O–H groups in total.